The zero-order valence-electron chi connectivity index (χ0n) is 8.32. The van der Waals surface area contributed by atoms with Crippen molar-refractivity contribution in [1.29, 1.82) is 0 Å². The van der Waals surface area contributed by atoms with Gasteiger partial charge in [-0.3, -0.25) is 14.4 Å². The average Bonchev–Trinajstić information content (AvgIpc) is 2.55. The number of anilines is 1. The Labute approximate surface area is 91.1 Å². The molecule has 0 atom stereocenters. The maximum Gasteiger partial charge on any atom is 0.311 e. The zero-order chi connectivity index (χ0) is 11.7. The SMILES string of the molecule is O=C(O)CC(=O)c1ccc2c(c1)CC(=O)N2. The monoisotopic (exact) mass is 219 g/mol. The number of benzene rings is 1. The maximum absolute atomic E-state index is 11.5. The standard InChI is InChI=1S/C11H9NO4/c13-9(5-11(15)16)6-1-2-8-7(3-6)4-10(14)12-8/h1-3H,4-5H2,(H,12,14)(H,15,16). The van der Waals surface area contributed by atoms with E-state index >= 15 is 0 Å². The number of carbonyl (C=O) groups is 3. The van der Waals surface area contributed by atoms with Crippen LogP contribution in [0.4, 0.5) is 5.69 Å². The van der Waals surface area contributed by atoms with Crippen LogP contribution >= 0.6 is 0 Å². The lowest BCUT2D eigenvalue weighted by molar-refractivity contribution is -0.135. The Bertz CT molecular complexity index is 493. The van der Waals surface area contributed by atoms with E-state index in [1.807, 2.05) is 0 Å². The van der Waals surface area contributed by atoms with E-state index in [-0.39, 0.29) is 12.3 Å². The van der Waals surface area contributed by atoms with Crippen molar-refractivity contribution in [3.8, 4) is 0 Å². The molecule has 0 unspecified atom stereocenters. The molecule has 0 saturated heterocycles. The Balaban J connectivity index is 2.25. The minimum absolute atomic E-state index is 0.113. The molecule has 82 valence electrons. The molecule has 1 aliphatic rings. The fourth-order valence-electron chi connectivity index (χ4n) is 1.64. The number of ketones is 1. The number of aliphatic carboxylic acids is 1. The number of amides is 1. The smallest absolute Gasteiger partial charge is 0.311 e. The third-order valence-corrected chi connectivity index (χ3v) is 2.36. The van der Waals surface area contributed by atoms with Crippen molar-refractivity contribution < 1.29 is 19.5 Å². The molecule has 1 aromatic carbocycles. The van der Waals surface area contributed by atoms with Gasteiger partial charge in [0, 0.05) is 11.3 Å². The molecule has 5 heteroatoms. The van der Waals surface area contributed by atoms with Gasteiger partial charge < -0.3 is 10.4 Å². The first-order chi connectivity index (χ1) is 7.56. The second-order valence-electron chi connectivity index (χ2n) is 3.59. The number of carboxylic acids is 1. The van der Waals surface area contributed by atoms with Crippen LogP contribution in [0.5, 0.6) is 0 Å². The fourth-order valence-corrected chi connectivity index (χ4v) is 1.64. The molecule has 1 amide bonds. The van der Waals surface area contributed by atoms with Gasteiger partial charge in [-0.2, -0.15) is 0 Å². The van der Waals surface area contributed by atoms with Gasteiger partial charge in [0.1, 0.15) is 6.42 Å². The summed E-state index contributed by atoms with van der Waals surface area (Å²) in [5.74, 6) is -1.72. The molecule has 1 heterocycles. The van der Waals surface area contributed by atoms with Crippen LogP contribution in [0.25, 0.3) is 0 Å². The molecule has 0 radical (unpaired) electrons. The van der Waals surface area contributed by atoms with Crippen molar-refractivity contribution in [2.45, 2.75) is 12.8 Å². The first-order valence-electron chi connectivity index (χ1n) is 4.74. The van der Waals surface area contributed by atoms with Gasteiger partial charge in [-0.1, -0.05) is 0 Å². The minimum Gasteiger partial charge on any atom is -0.481 e. The Morgan fingerprint density at radius 3 is 2.81 bits per heavy atom. The van der Waals surface area contributed by atoms with Crippen molar-refractivity contribution in [3.05, 3.63) is 29.3 Å². The number of carboxylic acid groups (broad SMARTS) is 1. The van der Waals surface area contributed by atoms with Gasteiger partial charge in [-0.15, -0.1) is 0 Å². The molecule has 1 aliphatic heterocycles. The summed E-state index contributed by atoms with van der Waals surface area (Å²) in [7, 11) is 0. The highest BCUT2D eigenvalue weighted by Crippen LogP contribution is 2.24. The van der Waals surface area contributed by atoms with Gasteiger partial charge in [0.15, 0.2) is 5.78 Å². The number of hydrogen-bond donors (Lipinski definition) is 2. The first kappa shape index (κ1) is 10.4. The van der Waals surface area contributed by atoms with E-state index in [0.717, 1.165) is 5.56 Å². The molecule has 1 aromatic rings. The predicted molar refractivity (Wildman–Crippen MR) is 55.4 cm³/mol. The minimum atomic E-state index is -1.15. The van der Waals surface area contributed by atoms with Crippen molar-refractivity contribution in [2.75, 3.05) is 5.32 Å². The van der Waals surface area contributed by atoms with E-state index in [1.54, 1.807) is 12.1 Å². The van der Waals surface area contributed by atoms with Crippen LogP contribution in [-0.2, 0) is 16.0 Å². The molecule has 0 spiro atoms. The summed E-state index contributed by atoms with van der Waals surface area (Å²) in [6, 6.07) is 4.71. The van der Waals surface area contributed by atoms with Crippen LogP contribution in [0.15, 0.2) is 18.2 Å². The van der Waals surface area contributed by atoms with Crippen molar-refractivity contribution >= 4 is 23.3 Å². The Morgan fingerprint density at radius 1 is 1.38 bits per heavy atom. The van der Waals surface area contributed by atoms with Gasteiger partial charge in [-0.05, 0) is 23.8 Å². The van der Waals surface area contributed by atoms with E-state index in [9.17, 15) is 14.4 Å². The quantitative estimate of drug-likeness (QED) is 0.582. The van der Waals surface area contributed by atoms with Crippen LogP contribution in [0.2, 0.25) is 0 Å². The van der Waals surface area contributed by atoms with Crippen LogP contribution in [-0.4, -0.2) is 22.8 Å². The van der Waals surface area contributed by atoms with Crippen molar-refractivity contribution in [2.24, 2.45) is 0 Å². The summed E-state index contributed by atoms with van der Waals surface area (Å²) < 4.78 is 0. The molecule has 2 rings (SSSR count). The van der Waals surface area contributed by atoms with E-state index in [2.05, 4.69) is 5.32 Å². The molecule has 0 saturated carbocycles. The van der Waals surface area contributed by atoms with Crippen LogP contribution in [0, 0.1) is 0 Å². The van der Waals surface area contributed by atoms with Crippen molar-refractivity contribution in [1.82, 2.24) is 0 Å². The zero-order valence-corrected chi connectivity index (χ0v) is 8.32. The molecule has 0 aromatic heterocycles. The van der Waals surface area contributed by atoms with E-state index in [1.165, 1.54) is 6.07 Å². The summed E-state index contributed by atoms with van der Waals surface area (Å²) in [6.45, 7) is 0. The topological polar surface area (TPSA) is 83.5 Å². The number of hydrogen-bond acceptors (Lipinski definition) is 3. The van der Waals surface area contributed by atoms with E-state index < -0.39 is 18.2 Å². The molecule has 0 aliphatic carbocycles. The Morgan fingerprint density at radius 2 is 2.12 bits per heavy atom. The number of carbonyl (C=O) groups excluding carboxylic acids is 2. The number of Topliss-reactive ketones (excluding diaryl/α,β-unsaturated/α-hetero) is 1. The predicted octanol–water partition coefficient (Wildman–Crippen LogP) is 0.839. The molecule has 0 bridgehead atoms. The van der Waals surface area contributed by atoms with Gasteiger partial charge >= 0.3 is 5.97 Å². The van der Waals surface area contributed by atoms with Gasteiger partial charge in [-0.25, -0.2) is 0 Å². The summed E-state index contributed by atoms with van der Waals surface area (Å²) >= 11 is 0. The largest absolute Gasteiger partial charge is 0.481 e. The second kappa shape index (κ2) is 3.77. The average molecular weight is 219 g/mol. The maximum atomic E-state index is 11.5. The van der Waals surface area contributed by atoms with Crippen molar-refractivity contribution in [3.63, 3.8) is 0 Å². The number of rotatable bonds is 3. The Kier molecular flexibility index (Phi) is 2.44. The summed E-state index contributed by atoms with van der Waals surface area (Å²) in [5, 5.41) is 11.1. The molecular weight excluding hydrogens is 210 g/mol. The second-order valence-corrected chi connectivity index (χ2v) is 3.59. The van der Waals surface area contributed by atoms with Crippen LogP contribution < -0.4 is 5.32 Å². The molecule has 5 nitrogen and oxygen atoms in total. The lowest BCUT2D eigenvalue weighted by atomic mass is 10.0. The normalized spacial score (nSPS) is 13.1. The van der Waals surface area contributed by atoms with E-state index in [4.69, 9.17) is 5.11 Å². The molecular formula is C11H9NO4. The summed E-state index contributed by atoms with van der Waals surface area (Å²) in [5.41, 5.74) is 1.76. The summed E-state index contributed by atoms with van der Waals surface area (Å²) in [6.07, 6.45) is -0.288. The van der Waals surface area contributed by atoms with E-state index in [0.29, 0.717) is 11.3 Å². The first-order valence-corrected chi connectivity index (χ1v) is 4.74. The van der Waals surface area contributed by atoms with Crippen LogP contribution in [0.3, 0.4) is 0 Å². The molecule has 16 heavy (non-hydrogen) atoms. The van der Waals surface area contributed by atoms with Gasteiger partial charge in [0.25, 0.3) is 0 Å². The highest BCUT2D eigenvalue weighted by Gasteiger charge is 2.19. The fraction of sp³-hybridized carbons (Fsp3) is 0.182. The van der Waals surface area contributed by atoms with Gasteiger partial charge in [0.05, 0.1) is 6.42 Å². The Hall–Kier alpha value is -2.17. The third kappa shape index (κ3) is 1.93. The molecule has 2 N–H and O–H groups in total. The lowest BCUT2D eigenvalue weighted by Crippen LogP contribution is -2.07. The molecule has 0 fully saturated rings. The summed E-state index contributed by atoms with van der Waals surface area (Å²) in [4.78, 5) is 32.9. The number of nitrogens with one attached hydrogen (secondary N) is 1. The van der Waals surface area contributed by atoms with Gasteiger partial charge in [0.2, 0.25) is 5.91 Å². The third-order valence-electron chi connectivity index (χ3n) is 2.36. The number of fused-ring (bicyclic) bond motifs is 1. The van der Waals surface area contributed by atoms with Crippen LogP contribution in [0.1, 0.15) is 22.3 Å². The lowest BCUT2D eigenvalue weighted by Gasteiger charge is -2.01. The highest BCUT2D eigenvalue weighted by atomic mass is 16.4. The highest BCUT2D eigenvalue weighted by molar-refractivity contribution is 6.07.